The highest BCUT2D eigenvalue weighted by atomic mass is 32.2. The fourth-order valence-electron chi connectivity index (χ4n) is 3.27. The maximum Gasteiger partial charge on any atom is 0.286 e. The molecule has 2 aromatic heterocycles. The van der Waals surface area contributed by atoms with E-state index >= 15 is 0 Å². The first kappa shape index (κ1) is 19.8. The SMILES string of the molecule is Nn1c(SCc2nnc(C(=O)Nc3ccc(F)cc3)s2)nnc1C1CCCCC1. The normalized spacial score (nSPS) is 14.8. The van der Waals surface area contributed by atoms with Crippen molar-refractivity contribution in [2.45, 2.75) is 48.9 Å². The number of nitrogen functional groups attached to an aromatic ring is 1. The summed E-state index contributed by atoms with van der Waals surface area (Å²) >= 11 is 2.61. The zero-order chi connectivity index (χ0) is 20.2. The van der Waals surface area contributed by atoms with Crippen molar-refractivity contribution in [3.8, 4) is 0 Å². The Balaban J connectivity index is 1.35. The van der Waals surface area contributed by atoms with Crippen LogP contribution in [0.15, 0.2) is 29.4 Å². The molecule has 1 aromatic carbocycles. The van der Waals surface area contributed by atoms with Crippen molar-refractivity contribution in [3.63, 3.8) is 0 Å². The Kier molecular flexibility index (Phi) is 6.05. The van der Waals surface area contributed by atoms with Crippen LogP contribution in [-0.2, 0) is 5.75 Å². The molecule has 8 nitrogen and oxygen atoms in total. The Hall–Kier alpha value is -2.53. The summed E-state index contributed by atoms with van der Waals surface area (Å²) in [7, 11) is 0. The Morgan fingerprint density at radius 3 is 2.69 bits per heavy atom. The van der Waals surface area contributed by atoms with Crippen molar-refractivity contribution in [2.75, 3.05) is 11.2 Å². The van der Waals surface area contributed by atoms with Crippen LogP contribution in [0.3, 0.4) is 0 Å². The van der Waals surface area contributed by atoms with E-state index in [4.69, 9.17) is 5.84 Å². The van der Waals surface area contributed by atoms with Gasteiger partial charge in [-0.1, -0.05) is 42.4 Å². The first-order valence-corrected chi connectivity index (χ1v) is 11.1. The first-order valence-electron chi connectivity index (χ1n) is 9.32. The molecule has 3 N–H and O–H groups in total. The highest BCUT2D eigenvalue weighted by Gasteiger charge is 2.23. The maximum absolute atomic E-state index is 13.0. The predicted octanol–water partition coefficient (Wildman–Crippen LogP) is 3.57. The molecule has 29 heavy (non-hydrogen) atoms. The van der Waals surface area contributed by atoms with Gasteiger partial charge < -0.3 is 11.2 Å². The largest absolute Gasteiger partial charge is 0.336 e. The van der Waals surface area contributed by atoms with Crippen molar-refractivity contribution in [1.82, 2.24) is 25.1 Å². The van der Waals surface area contributed by atoms with Gasteiger partial charge in [-0.25, -0.2) is 9.07 Å². The number of aromatic nitrogens is 5. The summed E-state index contributed by atoms with van der Waals surface area (Å²) < 4.78 is 14.5. The second kappa shape index (κ2) is 8.87. The lowest BCUT2D eigenvalue weighted by atomic mass is 9.89. The lowest BCUT2D eigenvalue weighted by Gasteiger charge is -2.20. The van der Waals surface area contributed by atoms with Gasteiger partial charge in [0, 0.05) is 11.6 Å². The number of hydrogen-bond donors (Lipinski definition) is 2. The molecule has 11 heteroatoms. The van der Waals surface area contributed by atoms with E-state index in [1.54, 1.807) is 4.68 Å². The third-order valence-corrected chi connectivity index (χ3v) is 6.81. The maximum atomic E-state index is 13.0. The summed E-state index contributed by atoms with van der Waals surface area (Å²) in [6.45, 7) is 0. The van der Waals surface area contributed by atoms with E-state index < -0.39 is 0 Å². The number of hydrogen-bond acceptors (Lipinski definition) is 8. The van der Waals surface area contributed by atoms with Crippen molar-refractivity contribution < 1.29 is 9.18 Å². The minimum Gasteiger partial charge on any atom is -0.336 e. The van der Waals surface area contributed by atoms with Gasteiger partial charge in [-0.05, 0) is 37.1 Å². The fraction of sp³-hybridized carbons (Fsp3) is 0.389. The molecule has 0 unspecified atom stereocenters. The number of thioether (sulfide) groups is 1. The molecule has 1 aliphatic carbocycles. The highest BCUT2D eigenvalue weighted by Crippen LogP contribution is 2.32. The second-order valence-electron chi connectivity index (χ2n) is 6.80. The van der Waals surface area contributed by atoms with E-state index in [1.165, 1.54) is 66.6 Å². The minimum absolute atomic E-state index is 0.238. The van der Waals surface area contributed by atoms with E-state index in [2.05, 4.69) is 25.7 Å². The molecule has 152 valence electrons. The summed E-state index contributed by atoms with van der Waals surface area (Å²) in [5.41, 5.74) is 0.494. The summed E-state index contributed by atoms with van der Waals surface area (Å²) in [5.74, 6) is 7.15. The average molecular weight is 434 g/mol. The molecular weight excluding hydrogens is 413 g/mol. The zero-order valence-electron chi connectivity index (χ0n) is 15.5. The molecule has 1 fully saturated rings. The number of anilines is 1. The Bertz CT molecular complexity index is 983. The van der Waals surface area contributed by atoms with Crippen LogP contribution in [-0.4, -0.2) is 31.0 Å². The van der Waals surface area contributed by atoms with E-state index in [0.29, 0.717) is 27.5 Å². The summed E-state index contributed by atoms with van der Waals surface area (Å²) in [6, 6.07) is 5.54. The zero-order valence-corrected chi connectivity index (χ0v) is 17.2. The molecule has 3 aromatic rings. The van der Waals surface area contributed by atoms with Crippen LogP contribution in [0.1, 0.15) is 58.7 Å². The van der Waals surface area contributed by atoms with Crippen LogP contribution in [0.5, 0.6) is 0 Å². The summed E-state index contributed by atoms with van der Waals surface area (Å²) in [4.78, 5) is 12.3. The minimum atomic E-state index is -0.382. The summed E-state index contributed by atoms with van der Waals surface area (Å²) in [5, 5.41) is 20.7. The van der Waals surface area contributed by atoms with E-state index in [9.17, 15) is 9.18 Å². The summed E-state index contributed by atoms with van der Waals surface area (Å²) in [6.07, 6.45) is 5.87. The van der Waals surface area contributed by atoms with Crippen LogP contribution < -0.4 is 11.2 Å². The van der Waals surface area contributed by atoms with Gasteiger partial charge in [-0.15, -0.1) is 20.4 Å². The number of amides is 1. The van der Waals surface area contributed by atoms with Crippen LogP contribution in [0.25, 0.3) is 0 Å². The van der Waals surface area contributed by atoms with Crippen LogP contribution in [0.2, 0.25) is 0 Å². The van der Waals surface area contributed by atoms with E-state index in [0.717, 1.165) is 18.7 Å². The van der Waals surface area contributed by atoms with Gasteiger partial charge in [-0.2, -0.15) is 0 Å². The monoisotopic (exact) mass is 433 g/mol. The Labute approximate surface area is 175 Å². The van der Waals surface area contributed by atoms with Crippen LogP contribution >= 0.6 is 23.1 Å². The molecule has 0 aliphatic heterocycles. The highest BCUT2D eigenvalue weighted by molar-refractivity contribution is 7.98. The first-order chi connectivity index (χ1) is 14.1. The quantitative estimate of drug-likeness (QED) is 0.451. The van der Waals surface area contributed by atoms with Crippen molar-refractivity contribution in [1.29, 1.82) is 0 Å². The van der Waals surface area contributed by atoms with Crippen molar-refractivity contribution in [3.05, 3.63) is 45.9 Å². The van der Waals surface area contributed by atoms with E-state index in [-0.39, 0.29) is 16.7 Å². The molecule has 1 amide bonds. The second-order valence-corrected chi connectivity index (χ2v) is 8.80. The van der Waals surface area contributed by atoms with Crippen molar-refractivity contribution in [2.24, 2.45) is 0 Å². The fourth-order valence-corrected chi connectivity index (χ4v) is 4.86. The topological polar surface area (TPSA) is 112 Å². The molecule has 4 rings (SSSR count). The Morgan fingerprint density at radius 1 is 1.17 bits per heavy atom. The third-order valence-electron chi connectivity index (χ3n) is 4.75. The average Bonchev–Trinajstić information content (AvgIpc) is 3.36. The smallest absolute Gasteiger partial charge is 0.286 e. The number of benzene rings is 1. The number of halogens is 1. The number of nitrogens with two attached hydrogens (primary N) is 1. The van der Waals surface area contributed by atoms with Crippen LogP contribution in [0, 0.1) is 5.82 Å². The molecule has 0 spiro atoms. The lowest BCUT2D eigenvalue weighted by molar-refractivity contribution is 0.102. The van der Waals surface area contributed by atoms with Gasteiger partial charge in [-0.3, -0.25) is 4.79 Å². The Morgan fingerprint density at radius 2 is 1.93 bits per heavy atom. The van der Waals surface area contributed by atoms with Gasteiger partial charge in [0.05, 0.1) is 5.75 Å². The van der Waals surface area contributed by atoms with Gasteiger partial charge in [0.15, 0.2) is 5.82 Å². The third kappa shape index (κ3) is 4.73. The molecule has 0 saturated heterocycles. The standard InChI is InChI=1S/C18H20FN7OS2/c19-12-6-8-13(9-7-12)21-16(27)17-24-22-14(29-17)10-28-18-25-23-15(26(18)20)11-4-2-1-3-5-11/h6-9,11H,1-5,10,20H2,(H,21,27). The number of rotatable bonds is 6. The van der Waals surface area contributed by atoms with Crippen molar-refractivity contribution >= 4 is 34.7 Å². The molecule has 1 aliphatic rings. The number of nitrogens with one attached hydrogen (secondary N) is 1. The molecular formula is C18H20FN7OS2. The number of nitrogens with zero attached hydrogens (tertiary/aromatic N) is 5. The van der Waals surface area contributed by atoms with Gasteiger partial charge in [0.25, 0.3) is 5.91 Å². The molecule has 1 saturated carbocycles. The lowest BCUT2D eigenvalue weighted by Crippen LogP contribution is -2.18. The molecule has 0 radical (unpaired) electrons. The molecule has 0 atom stereocenters. The van der Waals surface area contributed by atoms with Crippen LogP contribution in [0.4, 0.5) is 10.1 Å². The van der Waals surface area contributed by atoms with Gasteiger partial charge in [0.1, 0.15) is 10.8 Å². The van der Waals surface area contributed by atoms with Gasteiger partial charge in [0.2, 0.25) is 10.2 Å². The van der Waals surface area contributed by atoms with Gasteiger partial charge >= 0.3 is 0 Å². The number of carbonyl (C=O) groups excluding carboxylic acids is 1. The predicted molar refractivity (Wildman–Crippen MR) is 110 cm³/mol. The number of carbonyl (C=O) groups is 1. The van der Waals surface area contributed by atoms with E-state index in [1.807, 2.05) is 0 Å². The molecule has 0 bridgehead atoms. The molecule has 2 heterocycles.